The van der Waals surface area contributed by atoms with E-state index in [4.69, 9.17) is 10.6 Å². The second-order valence-electron chi connectivity index (χ2n) is 3.52. The molecule has 0 atom stereocenters. The average Bonchev–Trinajstić information content (AvgIpc) is 2.45. The summed E-state index contributed by atoms with van der Waals surface area (Å²) in [4.78, 5) is 7.97. The van der Waals surface area contributed by atoms with Gasteiger partial charge in [0.2, 0.25) is 0 Å². The summed E-state index contributed by atoms with van der Waals surface area (Å²) < 4.78 is 5.54. The number of hydrogen-bond donors (Lipinski definition) is 3. The van der Waals surface area contributed by atoms with Crippen molar-refractivity contribution < 1.29 is 4.74 Å². The maximum absolute atomic E-state index is 5.54. The first-order valence-electron chi connectivity index (χ1n) is 5.59. The second kappa shape index (κ2) is 6.41. The first-order chi connectivity index (χ1) is 8.88. The Balaban J connectivity index is 1.75. The molecule has 1 aromatic heterocycles. The van der Waals surface area contributed by atoms with Crippen molar-refractivity contribution in [2.45, 2.75) is 0 Å². The minimum Gasteiger partial charge on any atom is -0.492 e. The van der Waals surface area contributed by atoms with E-state index in [9.17, 15) is 0 Å². The van der Waals surface area contributed by atoms with Crippen LogP contribution in [0.4, 0.5) is 11.6 Å². The van der Waals surface area contributed by atoms with Gasteiger partial charge < -0.3 is 15.5 Å². The highest BCUT2D eigenvalue weighted by Gasteiger charge is 1.96. The van der Waals surface area contributed by atoms with Gasteiger partial charge in [0.25, 0.3) is 0 Å². The molecular formula is C12H15N5O. The third-order valence-electron chi connectivity index (χ3n) is 2.24. The molecule has 0 radical (unpaired) electrons. The molecule has 0 aliphatic heterocycles. The lowest BCUT2D eigenvalue weighted by Gasteiger charge is -2.08. The van der Waals surface area contributed by atoms with E-state index in [1.807, 2.05) is 30.3 Å². The minimum atomic E-state index is 0.555. The van der Waals surface area contributed by atoms with Crippen LogP contribution < -0.4 is 21.3 Å². The Kier molecular flexibility index (Phi) is 4.32. The third kappa shape index (κ3) is 3.60. The third-order valence-corrected chi connectivity index (χ3v) is 2.24. The van der Waals surface area contributed by atoms with Crippen LogP contribution in [-0.2, 0) is 0 Å². The van der Waals surface area contributed by atoms with E-state index in [0.717, 1.165) is 5.75 Å². The molecule has 0 saturated carbocycles. The SMILES string of the molecule is NNc1cc(NCCOc2ccccc2)ncn1. The molecule has 1 aromatic carbocycles. The fourth-order valence-corrected chi connectivity index (χ4v) is 1.40. The fraction of sp³-hybridized carbons (Fsp3) is 0.167. The number of anilines is 2. The lowest BCUT2D eigenvalue weighted by Crippen LogP contribution is -2.14. The molecule has 0 aliphatic carbocycles. The van der Waals surface area contributed by atoms with Crippen LogP contribution in [0.2, 0.25) is 0 Å². The lowest BCUT2D eigenvalue weighted by atomic mass is 10.3. The zero-order valence-corrected chi connectivity index (χ0v) is 9.84. The number of benzene rings is 1. The topological polar surface area (TPSA) is 85.1 Å². The summed E-state index contributed by atoms with van der Waals surface area (Å²) in [5, 5.41) is 3.12. The van der Waals surface area contributed by atoms with Crippen LogP contribution in [0, 0.1) is 0 Å². The number of hydrogen-bond acceptors (Lipinski definition) is 6. The van der Waals surface area contributed by atoms with E-state index in [1.165, 1.54) is 6.33 Å². The number of nitrogen functional groups attached to an aromatic ring is 1. The van der Waals surface area contributed by atoms with Gasteiger partial charge in [-0.3, -0.25) is 0 Å². The molecule has 0 spiro atoms. The first kappa shape index (κ1) is 12.1. The number of rotatable bonds is 6. The highest BCUT2D eigenvalue weighted by Crippen LogP contribution is 2.09. The Morgan fingerprint density at radius 3 is 2.67 bits per heavy atom. The number of aromatic nitrogens is 2. The van der Waals surface area contributed by atoms with Gasteiger partial charge in [0, 0.05) is 6.07 Å². The Hall–Kier alpha value is -2.34. The number of hydrazine groups is 1. The van der Waals surface area contributed by atoms with Gasteiger partial charge in [-0.2, -0.15) is 0 Å². The zero-order valence-electron chi connectivity index (χ0n) is 9.84. The second-order valence-corrected chi connectivity index (χ2v) is 3.52. The molecule has 0 bridgehead atoms. The van der Waals surface area contributed by atoms with Crippen LogP contribution in [0.1, 0.15) is 0 Å². The molecule has 4 N–H and O–H groups in total. The van der Waals surface area contributed by atoms with Gasteiger partial charge in [-0.05, 0) is 12.1 Å². The van der Waals surface area contributed by atoms with Crippen LogP contribution in [0.5, 0.6) is 5.75 Å². The van der Waals surface area contributed by atoms with E-state index in [1.54, 1.807) is 6.07 Å². The first-order valence-corrected chi connectivity index (χ1v) is 5.59. The van der Waals surface area contributed by atoms with E-state index in [2.05, 4.69) is 20.7 Å². The zero-order chi connectivity index (χ0) is 12.6. The van der Waals surface area contributed by atoms with Gasteiger partial charge in [0.05, 0.1) is 6.54 Å². The van der Waals surface area contributed by atoms with Crippen molar-refractivity contribution in [2.75, 3.05) is 23.9 Å². The summed E-state index contributed by atoms with van der Waals surface area (Å²) in [6, 6.07) is 11.4. The maximum Gasteiger partial charge on any atom is 0.145 e. The largest absolute Gasteiger partial charge is 0.492 e. The van der Waals surface area contributed by atoms with Crippen LogP contribution >= 0.6 is 0 Å². The fourth-order valence-electron chi connectivity index (χ4n) is 1.40. The smallest absolute Gasteiger partial charge is 0.145 e. The number of nitrogens with zero attached hydrogens (tertiary/aromatic N) is 2. The monoisotopic (exact) mass is 245 g/mol. The highest BCUT2D eigenvalue weighted by molar-refractivity contribution is 5.45. The Labute approximate surface area is 105 Å². The van der Waals surface area contributed by atoms with E-state index < -0.39 is 0 Å². The van der Waals surface area contributed by atoms with Crippen LogP contribution in [0.3, 0.4) is 0 Å². The maximum atomic E-state index is 5.54. The average molecular weight is 245 g/mol. The van der Waals surface area contributed by atoms with Gasteiger partial charge in [-0.1, -0.05) is 18.2 Å². The standard InChI is InChI=1S/C12H15N5O/c13-17-12-8-11(15-9-16-12)14-6-7-18-10-4-2-1-3-5-10/h1-5,8-9H,6-7,13H2,(H2,14,15,16,17). The van der Waals surface area contributed by atoms with Crippen molar-refractivity contribution >= 4 is 11.6 Å². The van der Waals surface area contributed by atoms with Crippen molar-refractivity contribution in [3.05, 3.63) is 42.7 Å². The number of nitrogens with one attached hydrogen (secondary N) is 2. The van der Waals surface area contributed by atoms with E-state index in [0.29, 0.717) is 24.8 Å². The van der Waals surface area contributed by atoms with Crippen LogP contribution in [0.25, 0.3) is 0 Å². The summed E-state index contributed by atoms with van der Waals surface area (Å²) in [7, 11) is 0. The van der Waals surface area contributed by atoms with Gasteiger partial charge in [-0.15, -0.1) is 0 Å². The van der Waals surface area contributed by atoms with Gasteiger partial charge in [-0.25, -0.2) is 15.8 Å². The summed E-state index contributed by atoms with van der Waals surface area (Å²) >= 11 is 0. The molecule has 0 fully saturated rings. The Morgan fingerprint density at radius 1 is 1.11 bits per heavy atom. The van der Waals surface area contributed by atoms with Crippen molar-refractivity contribution in [2.24, 2.45) is 5.84 Å². The predicted octanol–water partition coefficient (Wildman–Crippen LogP) is 1.25. The lowest BCUT2D eigenvalue weighted by molar-refractivity contribution is 0.333. The quantitative estimate of drug-likeness (QED) is 0.403. The van der Waals surface area contributed by atoms with E-state index in [-0.39, 0.29) is 0 Å². The van der Waals surface area contributed by atoms with Gasteiger partial charge in [0.15, 0.2) is 0 Å². The van der Waals surface area contributed by atoms with E-state index >= 15 is 0 Å². The molecule has 0 amide bonds. The molecule has 94 valence electrons. The van der Waals surface area contributed by atoms with Gasteiger partial charge in [0.1, 0.15) is 30.3 Å². The number of ether oxygens (including phenoxy) is 1. The Bertz CT molecular complexity index is 477. The molecule has 1 heterocycles. The summed E-state index contributed by atoms with van der Waals surface area (Å²) in [6.45, 7) is 1.20. The summed E-state index contributed by atoms with van der Waals surface area (Å²) in [6.07, 6.45) is 1.44. The molecule has 2 aromatic rings. The highest BCUT2D eigenvalue weighted by atomic mass is 16.5. The molecule has 0 unspecified atom stereocenters. The molecule has 6 nitrogen and oxygen atoms in total. The summed E-state index contributed by atoms with van der Waals surface area (Å²) in [5.41, 5.74) is 2.46. The van der Waals surface area contributed by atoms with Crippen LogP contribution in [-0.4, -0.2) is 23.1 Å². The predicted molar refractivity (Wildman–Crippen MR) is 70.3 cm³/mol. The molecule has 0 aliphatic rings. The van der Waals surface area contributed by atoms with Crippen molar-refractivity contribution in [3.8, 4) is 5.75 Å². The number of nitrogens with two attached hydrogens (primary N) is 1. The van der Waals surface area contributed by atoms with Crippen molar-refractivity contribution in [1.29, 1.82) is 0 Å². The van der Waals surface area contributed by atoms with Gasteiger partial charge >= 0.3 is 0 Å². The minimum absolute atomic E-state index is 0.555. The molecule has 18 heavy (non-hydrogen) atoms. The van der Waals surface area contributed by atoms with Crippen LogP contribution in [0.15, 0.2) is 42.7 Å². The molecule has 6 heteroatoms. The van der Waals surface area contributed by atoms with Crippen molar-refractivity contribution in [1.82, 2.24) is 9.97 Å². The Morgan fingerprint density at radius 2 is 1.89 bits per heavy atom. The molecule has 2 rings (SSSR count). The molecule has 0 saturated heterocycles. The molecular weight excluding hydrogens is 230 g/mol. The number of para-hydroxylation sites is 1. The summed E-state index contributed by atoms with van der Waals surface area (Å²) in [5.74, 6) is 7.38. The van der Waals surface area contributed by atoms with Crippen molar-refractivity contribution in [3.63, 3.8) is 0 Å². The normalized spacial score (nSPS) is 9.83.